The van der Waals surface area contributed by atoms with Gasteiger partial charge < -0.3 is 10.2 Å². The Balaban J connectivity index is 0.000000434. The van der Waals surface area contributed by atoms with Gasteiger partial charge in [-0.25, -0.2) is 24.3 Å². The molecule has 33 heavy (non-hydrogen) atoms. The molecule has 174 valence electrons. The van der Waals surface area contributed by atoms with E-state index in [9.17, 15) is 10.2 Å². The maximum absolute atomic E-state index is 9.18. The van der Waals surface area contributed by atoms with E-state index in [0.717, 1.165) is 24.0 Å². The number of phenolic OH excluding ortho intramolecular Hbond substituents is 2. The summed E-state index contributed by atoms with van der Waals surface area (Å²) in [6.45, 7) is 12.8. The van der Waals surface area contributed by atoms with Gasteiger partial charge in [0.15, 0.2) is 0 Å². The third-order valence-corrected chi connectivity index (χ3v) is 4.60. The Bertz CT molecular complexity index is 825. The zero-order valence-corrected chi connectivity index (χ0v) is 23.3. The fraction of sp³-hybridized carbons (Fsp3) is 0.333. The first-order valence-electron chi connectivity index (χ1n) is 11.0. The average molecular weight is 522 g/mol. The topological polar surface area (TPSA) is 40.5 Å². The van der Waals surface area contributed by atoms with E-state index >= 15 is 0 Å². The van der Waals surface area contributed by atoms with Crippen molar-refractivity contribution in [1.29, 1.82) is 0 Å². The van der Waals surface area contributed by atoms with Crippen LogP contribution in [-0.4, -0.2) is 10.2 Å². The van der Waals surface area contributed by atoms with Crippen LogP contribution in [0.4, 0.5) is 0 Å². The van der Waals surface area contributed by atoms with E-state index in [-0.39, 0.29) is 37.0 Å². The van der Waals surface area contributed by atoms with Gasteiger partial charge in [0.05, 0.1) is 0 Å². The third kappa shape index (κ3) is 14.6. The van der Waals surface area contributed by atoms with Crippen molar-refractivity contribution in [2.45, 2.75) is 65.2 Å². The predicted octanol–water partition coefficient (Wildman–Crippen LogP) is 7.99. The molecule has 0 bridgehead atoms. The summed E-state index contributed by atoms with van der Waals surface area (Å²) in [5.41, 5.74) is 2.58. The fourth-order valence-electron chi connectivity index (χ4n) is 2.63. The molecule has 0 atom stereocenters. The molecule has 2 nitrogen and oxygen atoms in total. The first kappa shape index (κ1) is 30.9. The van der Waals surface area contributed by atoms with Gasteiger partial charge in [-0.3, -0.25) is 12.2 Å². The molecule has 2 aliphatic rings. The normalized spacial score (nSPS) is 13.0. The molecule has 2 aliphatic carbocycles. The molecule has 0 aliphatic heterocycles. The molecule has 4 rings (SSSR count). The molecular weight excluding hydrogens is 484 g/mol. The summed E-state index contributed by atoms with van der Waals surface area (Å²) in [7, 11) is 0. The summed E-state index contributed by atoms with van der Waals surface area (Å²) in [6, 6.07) is 14.8. The summed E-state index contributed by atoms with van der Waals surface area (Å²) in [5, 5.41) is 18.4. The van der Waals surface area contributed by atoms with Crippen LogP contribution in [0.25, 0.3) is 0 Å². The van der Waals surface area contributed by atoms with Crippen molar-refractivity contribution < 1.29 is 36.4 Å². The van der Waals surface area contributed by atoms with E-state index in [1.807, 2.05) is 48.6 Å². The molecule has 0 saturated heterocycles. The molecule has 0 amide bonds. The Morgan fingerprint density at radius 1 is 0.636 bits per heavy atom. The Labute approximate surface area is 220 Å². The second-order valence-corrected chi connectivity index (χ2v) is 9.61. The van der Waals surface area contributed by atoms with Gasteiger partial charge in [-0.2, -0.15) is 12.2 Å². The van der Waals surface area contributed by atoms with Gasteiger partial charge in [0.25, 0.3) is 0 Å². The number of hydrogen-bond donors (Lipinski definition) is 2. The zero-order valence-electron chi connectivity index (χ0n) is 20.9. The van der Waals surface area contributed by atoms with Crippen LogP contribution in [-0.2, 0) is 37.0 Å². The molecule has 0 aromatic heterocycles. The molecule has 0 fully saturated rings. The van der Waals surface area contributed by atoms with Crippen molar-refractivity contribution in [2.24, 2.45) is 0 Å². The molecule has 2 aromatic carbocycles. The monoisotopic (exact) mass is 520 g/mol. The van der Waals surface area contributed by atoms with Gasteiger partial charge in [0.2, 0.25) is 0 Å². The van der Waals surface area contributed by atoms with Crippen LogP contribution in [0.3, 0.4) is 0 Å². The number of phenols is 2. The second-order valence-electron chi connectivity index (χ2n) is 9.61. The van der Waals surface area contributed by atoms with Crippen molar-refractivity contribution in [3.8, 4) is 11.5 Å². The Morgan fingerprint density at radius 3 is 1.15 bits per heavy atom. The minimum Gasteiger partial charge on any atom is -0.508 e. The van der Waals surface area contributed by atoms with E-state index in [0.29, 0.717) is 11.5 Å². The fourth-order valence-corrected chi connectivity index (χ4v) is 2.63. The Morgan fingerprint density at radius 2 is 1.00 bits per heavy atom. The molecule has 0 heterocycles. The van der Waals surface area contributed by atoms with Crippen molar-refractivity contribution >= 4 is 0 Å². The summed E-state index contributed by atoms with van der Waals surface area (Å²) in [4.78, 5) is 0. The van der Waals surface area contributed by atoms with Gasteiger partial charge >= 0.3 is 26.2 Å². The van der Waals surface area contributed by atoms with Crippen LogP contribution >= 0.6 is 0 Å². The van der Waals surface area contributed by atoms with Crippen LogP contribution in [0.1, 0.15) is 65.5 Å². The minimum absolute atomic E-state index is 0. The van der Waals surface area contributed by atoms with E-state index in [1.54, 1.807) is 24.3 Å². The first-order valence-corrected chi connectivity index (χ1v) is 11.0. The standard InChI is InChI=1S/2C10H14O.2C5H5.Zr/c2*1-10(2,3)8-5-4-6-9(11)7-8;2*1-2-4-5-3-1;/h2*4-7,11H,1-3H3;2*1-3H,4H2;/q;;2*-1;+2. The molecule has 0 spiro atoms. The molecule has 0 unspecified atom stereocenters. The van der Waals surface area contributed by atoms with Crippen molar-refractivity contribution in [2.75, 3.05) is 0 Å². The SMILES string of the molecule is CC(C)(C)c1cccc(O)c1.CC(C)(C)c1cccc(O)c1.[C-]1=CC=CC1.[C-]1=CC=CC1.[Zr+2]. The van der Waals surface area contributed by atoms with Gasteiger partial charge in [-0.1, -0.05) is 65.8 Å². The zero-order chi connectivity index (χ0) is 24.0. The maximum Gasteiger partial charge on any atom is 2.00 e. The number of aromatic hydroxyl groups is 2. The van der Waals surface area contributed by atoms with E-state index in [1.165, 1.54) is 0 Å². The quantitative estimate of drug-likeness (QED) is 0.345. The van der Waals surface area contributed by atoms with Crippen molar-refractivity contribution in [1.82, 2.24) is 0 Å². The first-order chi connectivity index (χ1) is 15.0. The molecule has 3 heteroatoms. The number of benzene rings is 2. The van der Waals surface area contributed by atoms with Crippen LogP contribution in [0.2, 0.25) is 0 Å². The Kier molecular flexibility index (Phi) is 14.7. The third-order valence-electron chi connectivity index (χ3n) is 4.60. The van der Waals surface area contributed by atoms with Crippen LogP contribution in [0, 0.1) is 12.2 Å². The van der Waals surface area contributed by atoms with Gasteiger partial charge in [0.1, 0.15) is 11.5 Å². The Hall–Kier alpha value is -2.12. The maximum atomic E-state index is 9.18. The van der Waals surface area contributed by atoms with Gasteiger partial charge in [0, 0.05) is 0 Å². The average Bonchev–Trinajstić information content (AvgIpc) is 3.46. The second kappa shape index (κ2) is 15.7. The number of rotatable bonds is 0. The smallest absolute Gasteiger partial charge is 0.508 e. The van der Waals surface area contributed by atoms with Gasteiger partial charge in [-0.15, -0.1) is 12.8 Å². The van der Waals surface area contributed by atoms with Gasteiger partial charge in [-0.05, 0) is 46.2 Å². The van der Waals surface area contributed by atoms with E-state index in [4.69, 9.17) is 0 Å². The van der Waals surface area contributed by atoms with Crippen molar-refractivity contribution in [3.63, 3.8) is 0 Å². The molecule has 2 aromatic rings. The summed E-state index contributed by atoms with van der Waals surface area (Å²) in [5.74, 6) is 0.690. The summed E-state index contributed by atoms with van der Waals surface area (Å²) < 4.78 is 0. The van der Waals surface area contributed by atoms with E-state index < -0.39 is 0 Å². The predicted molar refractivity (Wildman–Crippen MR) is 137 cm³/mol. The molecule has 0 saturated carbocycles. The number of allylic oxidation sites excluding steroid dienone is 8. The van der Waals surface area contributed by atoms with E-state index in [2.05, 4.69) is 65.8 Å². The summed E-state index contributed by atoms with van der Waals surface area (Å²) in [6.07, 6.45) is 20.0. The number of hydrogen-bond acceptors (Lipinski definition) is 2. The summed E-state index contributed by atoms with van der Waals surface area (Å²) >= 11 is 0. The van der Waals surface area contributed by atoms with Crippen LogP contribution in [0.5, 0.6) is 11.5 Å². The molecule has 2 N–H and O–H groups in total. The van der Waals surface area contributed by atoms with Crippen molar-refractivity contribution in [3.05, 3.63) is 108 Å². The van der Waals surface area contributed by atoms with Crippen LogP contribution in [0.15, 0.2) is 85.0 Å². The minimum atomic E-state index is 0. The largest absolute Gasteiger partial charge is 2.00 e. The molecule has 0 radical (unpaired) electrons. The molecular formula is C30H38O2Zr. The van der Waals surface area contributed by atoms with Crippen LogP contribution < -0.4 is 0 Å².